The number of benzene rings is 1. The lowest BCUT2D eigenvalue weighted by Crippen LogP contribution is -1.80. The molecule has 0 aliphatic rings. The smallest absolute Gasteiger partial charge is 0.249 e. The topological polar surface area (TPSA) is 72.0 Å². The minimum atomic E-state index is 0.207. The largest absolute Gasteiger partial charge is 0.508 e. The highest BCUT2D eigenvalue weighted by Gasteiger charge is 2.11. The zero-order valence-electron chi connectivity index (χ0n) is 10.2. The second-order valence-electron chi connectivity index (χ2n) is 4.16. The minimum Gasteiger partial charge on any atom is -0.508 e. The summed E-state index contributed by atoms with van der Waals surface area (Å²) in [7, 11) is 0. The van der Waals surface area contributed by atoms with E-state index >= 15 is 0 Å². The van der Waals surface area contributed by atoms with Crippen molar-refractivity contribution in [3.05, 3.63) is 48.3 Å². The van der Waals surface area contributed by atoms with Crippen LogP contribution in [0.15, 0.2) is 47.1 Å². The van der Waals surface area contributed by atoms with Crippen LogP contribution in [0.4, 0.5) is 0 Å². The Hall–Kier alpha value is -2.69. The molecule has 5 nitrogen and oxygen atoms in total. The maximum absolute atomic E-state index is 9.69. The molecule has 0 atom stereocenters. The summed E-state index contributed by atoms with van der Waals surface area (Å²) < 4.78 is 5.58. The Morgan fingerprint density at radius 2 is 1.84 bits per heavy atom. The Bertz CT molecular complexity index is 708. The molecule has 2 heterocycles. The van der Waals surface area contributed by atoms with E-state index < -0.39 is 0 Å². The highest BCUT2D eigenvalue weighted by Crippen LogP contribution is 2.27. The lowest BCUT2D eigenvalue weighted by molar-refractivity contribution is 0.471. The Morgan fingerprint density at radius 1 is 1.05 bits per heavy atom. The summed E-state index contributed by atoms with van der Waals surface area (Å²) in [4.78, 5) is 4.00. The summed E-state index contributed by atoms with van der Waals surface area (Å²) in [6.07, 6.45) is 3.34. The minimum absolute atomic E-state index is 0.207. The van der Waals surface area contributed by atoms with Gasteiger partial charge in [0.05, 0.1) is 5.56 Å². The van der Waals surface area contributed by atoms with Gasteiger partial charge in [0, 0.05) is 18.0 Å². The van der Waals surface area contributed by atoms with Crippen LogP contribution in [-0.2, 0) is 0 Å². The Kier molecular flexibility index (Phi) is 2.72. The van der Waals surface area contributed by atoms with Crippen LogP contribution in [0.1, 0.15) is 5.56 Å². The highest BCUT2D eigenvalue weighted by atomic mass is 16.4. The quantitative estimate of drug-likeness (QED) is 0.760. The average Bonchev–Trinajstić information content (AvgIpc) is 2.93. The van der Waals surface area contributed by atoms with Crippen LogP contribution in [0.3, 0.4) is 0 Å². The van der Waals surface area contributed by atoms with Crippen LogP contribution in [0.2, 0.25) is 0 Å². The number of phenolic OH excluding ortho intramolecular Hbond substituents is 1. The standard InChI is InChI=1S/C14H11N3O2/c1-9-4-5-10(7-12(9)18)13-16-17-14(19-13)11-3-2-6-15-8-11/h2-8,18H,1H3. The van der Waals surface area contributed by atoms with Crippen molar-refractivity contribution in [3.8, 4) is 28.7 Å². The summed E-state index contributed by atoms with van der Waals surface area (Å²) in [5.74, 6) is 0.982. The first-order valence-corrected chi connectivity index (χ1v) is 5.78. The molecule has 0 saturated heterocycles. The molecule has 0 saturated carbocycles. The molecule has 1 aromatic carbocycles. The molecule has 0 aliphatic heterocycles. The Labute approximate surface area is 109 Å². The summed E-state index contributed by atoms with van der Waals surface area (Å²) in [5, 5.41) is 17.6. The first-order valence-electron chi connectivity index (χ1n) is 5.78. The van der Waals surface area contributed by atoms with Gasteiger partial charge in [0.25, 0.3) is 0 Å². The molecule has 94 valence electrons. The molecule has 0 radical (unpaired) electrons. The molecule has 0 amide bonds. The van der Waals surface area contributed by atoms with Crippen LogP contribution in [0, 0.1) is 6.92 Å². The van der Waals surface area contributed by atoms with Crippen molar-refractivity contribution < 1.29 is 9.52 Å². The van der Waals surface area contributed by atoms with Crippen LogP contribution < -0.4 is 0 Å². The molecule has 0 unspecified atom stereocenters. The van der Waals surface area contributed by atoms with E-state index in [0.717, 1.165) is 11.1 Å². The van der Waals surface area contributed by atoms with Gasteiger partial charge in [-0.05, 0) is 36.8 Å². The van der Waals surface area contributed by atoms with E-state index in [1.165, 1.54) is 0 Å². The van der Waals surface area contributed by atoms with Crippen molar-refractivity contribution in [2.45, 2.75) is 6.92 Å². The third-order valence-electron chi connectivity index (χ3n) is 2.79. The van der Waals surface area contributed by atoms with Gasteiger partial charge in [0.2, 0.25) is 11.8 Å². The highest BCUT2D eigenvalue weighted by molar-refractivity contribution is 5.59. The second kappa shape index (κ2) is 4.53. The zero-order valence-corrected chi connectivity index (χ0v) is 10.2. The number of nitrogens with zero attached hydrogens (tertiary/aromatic N) is 3. The third kappa shape index (κ3) is 2.18. The number of hydrogen-bond acceptors (Lipinski definition) is 5. The van der Waals surface area contributed by atoms with Crippen LogP contribution in [0.25, 0.3) is 22.9 Å². The maximum atomic E-state index is 9.69. The van der Waals surface area contributed by atoms with E-state index in [1.807, 2.05) is 19.1 Å². The fraction of sp³-hybridized carbons (Fsp3) is 0.0714. The predicted molar refractivity (Wildman–Crippen MR) is 69.4 cm³/mol. The van der Waals surface area contributed by atoms with Gasteiger partial charge in [0.15, 0.2) is 0 Å². The summed E-state index contributed by atoms with van der Waals surface area (Å²) >= 11 is 0. The van der Waals surface area contributed by atoms with Gasteiger partial charge in [0.1, 0.15) is 5.75 Å². The van der Waals surface area contributed by atoms with E-state index in [0.29, 0.717) is 17.3 Å². The van der Waals surface area contributed by atoms with Crippen LogP contribution in [0.5, 0.6) is 5.75 Å². The number of aryl methyl sites for hydroxylation is 1. The molecule has 19 heavy (non-hydrogen) atoms. The van der Waals surface area contributed by atoms with Crippen LogP contribution >= 0.6 is 0 Å². The predicted octanol–water partition coefficient (Wildman–Crippen LogP) is 2.81. The van der Waals surface area contributed by atoms with Gasteiger partial charge < -0.3 is 9.52 Å². The summed E-state index contributed by atoms with van der Waals surface area (Å²) in [5.41, 5.74) is 2.25. The fourth-order valence-corrected chi connectivity index (χ4v) is 1.69. The number of rotatable bonds is 2. The summed E-state index contributed by atoms with van der Waals surface area (Å²) in [6.45, 7) is 1.83. The van der Waals surface area contributed by atoms with Gasteiger partial charge in [-0.3, -0.25) is 4.98 Å². The second-order valence-corrected chi connectivity index (χ2v) is 4.16. The SMILES string of the molecule is Cc1ccc(-c2nnc(-c3cccnc3)o2)cc1O. The van der Waals surface area contributed by atoms with Gasteiger partial charge in [-0.15, -0.1) is 10.2 Å². The average molecular weight is 253 g/mol. The molecule has 5 heteroatoms. The van der Waals surface area contributed by atoms with E-state index in [-0.39, 0.29) is 5.75 Å². The molecule has 0 aliphatic carbocycles. The van der Waals surface area contributed by atoms with Crippen molar-refractivity contribution >= 4 is 0 Å². The molecule has 1 N–H and O–H groups in total. The first-order chi connectivity index (χ1) is 9.24. The molecular formula is C14H11N3O2. The van der Waals surface area contributed by atoms with Crippen LogP contribution in [-0.4, -0.2) is 20.3 Å². The van der Waals surface area contributed by atoms with Crippen molar-refractivity contribution in [1.29, 1.82) is 0 Å². The van der Waals surface area contributed by atoms with Crippen molar-refractivity contribution in [1.82, 2.24) is 15.2 Å². The molecular weight excluding hydrogens is 242 g/mol. The normalized spacial score (nSPS) is 10.6. The van der Waals surface area contributed by atoms with Gasteiger partial charge >= 0.3 is 0 Å². The van der Waals surface area contributed by atoms with E-state index in [4.69, 9.17) is 4.42 Å². The van der Waals surface area contributed by atoms with E-state index in [2.05, 4.69) is 15.2 Å². The van der Waals surface area contributed by atoms with Gasteiger partial charge in [-0.25, -0.2) is 0 Å². The lowest BCUT2D eigenvalue weighted by Gasteiger charge is -1.99. The molecule has 3 aromatic rings. The third-order valence-corrected chi connectivity index (χ3v) is 2.79. The number of aromatic nitrogens is 3. The van der Waals surface area contributed by atoms with Crippen molar-refractivity contribution in [2.24, 2.45) is 0 Å². The molecule has 0 bridgehead atoms. The fourth-order valence-electron chi connectivity index (χ4n) is 1.69. The molecule has 2 aromatic heterocycles. The number of aromatic hydroxyl groups is 1. The van der Waals surface area contributed by atoms with E-state index in [9.17, 15) is 5.11 Å². The van der Waals surface area contributed by atoms with Crippen molar-refractivity contribution in [3.63, 3.8) is 0 Å². The van der Waals surface area contributed by atoms with Crippen molar-refractivity contribution in [2.75, 3.05) is 0 Å². The molecule has 0 fully saturated rings. The maximum Gasteiger partial charge on any atom is 0.249 e. The number of phenols is 1. The number of hydrogen-bond donors (Lipinski definition) is 1. The Morgan fingerprint density at radius 3 is 2.53 bits per heavy atom. The molecule has 3 rings (SSSR count). The first kappa shape index (κ1) is 11.4. The monoisotopic (exact) mass is 253 g/mol. The Balaban J connectivity index is 1.99. The zero-order chi connectivity index (χ0) is 13.2. The van der Waals surface area contributed by atoms with Gasteiger partial charge in [-0.1, -0.05) is 6.07 Å². The summed E-state index contributed by atoms with van der Waals surface area (Å²) in [6, 6.07) is 8.89. The van der Waals surface area contributed by atoms with Gasteiger partial charge in [-0.2, -0.15) is 0 Å². The van der Waals surface area contributed by atoms with E-state index in [1.54, 1.807) is 30.6 Å². The lowest BCUT2D eigenvalue weighted by atomic mass is 10.1. The molecule has 0 spiro atoms. The number of pyridine rings is 1.